The summed E-state index contributed by atoms with van der Waals surface area (Å²) in [6, 6.07) is 14.2. The number of nitrogens with zero attached hydrogens (tertiary/aromatic N) is 8. The van der Waals surface area contributed by atoms with Crippen LogP contribution in [-0.2, 0) is 32.7 Å². The molecule has 3 aromatic heterocycles. The molecule has 0 spiro atoms. The Kier molecular flexibility index (Phi) is 15.3. The Bertz CT molecular complexity index is 2930. The van der Waals surface area contributed by atoms with Gasteiger partial charge in [-0.05, 0) is 82.9 Å². The number of anilines is 3. The van der Waals surface area contributed by atoms with Crippen LogP contribution in [0.3, 0.4) is 0 Å². The van der Waals surface area contributed by atoms with Crippen molar-refractivity contribution in [1.82, 2.24) is 55.8 Å². The zero-order valence-electron chi connectivity index (χ0n) is 41.6. The van der Waals surface area contributed by atoms with Crippen LogP contribution < -0.4 is 36.2 Å². The number of pyridine rings is 2. The minimum atomic E-state index is -0.913. The van der Waals surface area contributed by atoms with Crippen molar-refractivity contribution in [3.63, 3.8) is 0 Å². The third-order valence-corrected chi connectivity index (χ3v) is 12.7. The standard InChI is InChI=1S/C51H59N13O9/c1-51(2,3)73-50(71)53-20-8-7-14-37(49(70)63-23-21-62(22-24-63)38-15-10-12-32-36(38)28-64(48(32)69)39-17-19-42(65)59-47(39)68)57-45(66)30-16-18-40(54-26-30)58-41-25-34(35(27-55-41)46(67)52-4)31-11-9-13-33(43(31)72-6)44-56-29-61(5)60-44/h9-13,15-16,18,25-27,29,37,39H,7-8,14,17,19-24,28H2,1-6H3,(H,52,67)(H,53,71)(H,57,66)(H,54,55,58)(H,59,65,68). The third-order valence-electron chi connectivity index (χ3n) is 12.7. The molecule has 0 saturated carbocycles. The number of benzene rings is 2. The summed E-state index contributed by atoms with van der Waals surface area (Å²) >= 11 is 0. The van der Waals surface area contributed by atoms with E-state index in [1.165, 1.54) is 31.5 Å². The van der Waals surface area contributed by atoms with Gasteiger partial charge in [-0.15, -0.1) is 0 Å². The van der Waals surface area contributed by atoms with Crippen LogP contribution in [0, 0.1) is 0 Å². The quantitative estimate of drug-likeness (QED) is 0.0692. The summed E-state index contributed by atoms with van der Waals surface area (Å²) in [4.78, 5) is 110. The van der Waals surface area contributed by atoms with Gasteiger partial charge in [-0.1, -0.05) is 18.2 Å². The molecular weight excluding hydrogens is 939 g/mol. The van der Waals surface area contributed by atoms with Crippen molar-refractivity contribution in [2.24, 2.45) is 7.05 Å². The van der Waals surface area contributed by atoms with Gasteiger partial charge in [-0.2, -0.15) is 5.10 Å². The highest BCUT2D eigenvalue weighted by atomic mass is 16.6. The Morgan fingerprint density at radius 2 is 1.60 bits per heavy atom. The average Bonchev–Trinajstić information content (AvgIpc) is 3.96. The van der Waals surface area contributed by atoms with E-state index in [2.05, 4.69) is 51.5 Å². The fraction of sp³-hybridized carbons (Fsp3) is 0.392. The van der Waals surface area contributed by atoms with Crippen molar-refractivity contribution in [2.75, 3.05) is 57.1 Å². The Morgan fingerprint density at radius 3 is 2.29 bits per heavy atom. The van der Waals surface area contributed by atoms with Crippen molar-refractivity contribution in [3.05, 3.63) is 95.6 Å². The minimum Gasteiger partial charge on any atom is -0.495 e. The Balaban J connectivity index is 0.947. The van der Waals surface area contributed by atoms with E-state index in [4.69, 9.17) is 9.47 Å². The number of piperidine rings is 1. The molecule has 22 heteroatoms. The van der Waals surface area contributed by atoms with Gasteiger partial charge >= 0.3 is 6.09 Å². The lowest BCUT2D eigenvalue weighted by Gasteiger charge is -2.38. The smallest absolute Gasteiger partial charge is 0.407 e. The molecule has 22 nitrogen and oxygen atoms in total. The first-order valence-electron chi connectivity index (χ1n) is 24.1. The maximum absolute atomic E-state index is 14.4. The van der Waals surface area contributed by atoms with Gasteiger partial charge in [0.15, 0.2) is 5.82 Å². The van der Waals surface area contributed by atoms with Gasteiger partial charge in [-0.3, -0.25) is 38.8 Å². The number of unbranched alkanes of at least 4 members (excludes halogenated alkanes) is 1. The lowest BCUT2D eigenvalue weighted by atomic mass is 9.97. The number of aromatic nitrogens is 5. The largest absolute Gasteiger partial charge is 0.495 e. The van der Waals surface area contributed by atoms with E-state index in [9.17, 15) is 33.6 Å². The predicted octanol–water partition coefficient (Wildman–Crippen LogP) is 3.95. The highest BCUT2D eigenvalue weighted by Crippen LogP contribution is 2.40. The number of methoxy groups -OCH3 is 1. The van der Waals surface area contributed by atoms with Crippen LogP contribution in [0.4, 0.5) is 22.1 Å². The molecule has 3 aliphatic rings. The maximum Gasteiger partial charge on any atom is 0.407 e. The number of alkyl carbamates (subject to hydrolysis) is 1. The van der Waals surface area contributed by atoms with Gasteiger partial charge in [0.1, 0.15) is 41.4 Å². The molecule has 2 unspecified atom stereocenters. The number of piperazine rings is 1. The van der Waals surface area contributed by atoms with Gasteiger partial charge in [0.25, 0.3) is 17.7 Å². The number of hydrogen-bond acceptors (Lipinski definition) is 15. The maximum atomic E-state index is 14.4. The Labute approximate surface area is 421 Å². The molecule has 0 aliphatic carbocycles. The normalized spacial score (nSPS) is 16.1. The monoisotopic (exact) mass is 997 g/mol. The molecule has 6 heterocycles. The van der Waals surface area contributed by atoms with Crippen LogP contribution >= 0.6 is 0 Å². The zero-order chi connectivity index (χ0) is 52.0. The molecule has 2 atom stereocenters. The van der Waals surface area contributed by atoms with E-state index in [-0.39, 0.29) is 55.0 Å². The molecule has 0 radical (unpaired) electrons. The molecule has 3 aliphatic heterocycles. The van der Waals surface area contributed by atoms with E-state index in [1.807, 2.05) is 24.3 Å². The van der Waals surface area contributed by atoms with Crippen LogP contribution in [-0.4, -0.2) is 141 Å². The summed E-state index contributed by atoms with van der Waals surface area (Å²) in [5, 5.41) is 18.3. The summed E-state index contributed by atoms with van der Waals surface area (Å²) in [6.07, 6.45) is 5.57. The Hall–Kier alpha value is -8.43. The van der Waals surface area contributed by atoms with Gasteiger partial charge in [0, 0.05) is 100 Å². The van der Waals surface area contributed by atoms with Gasteiger partial charge < -0.3 is 45.4 Å². The fourth-order valence-corrected chi connectivity index (χ4v) is 9.13. The molecule has 7 amide bonds. The number of nitrogens with one attached hydrogen (secondary N) is 5. The lowest BCUT2D eigenvalue weighted by molar-refractivity contribution is -0.137. The van der Waals surface area contributed by atoms with Crippen molar-refractivity contribution in [1.29, 1.82) is 0 Å². The number of fused-ring (bicyclic) bond motifs is 1. The number of para-hydroxylation sites is 1. The highest BCUT2D eigenvalue weighted by Gasteiger charge is 2.41. The number of rotatable bonds is 16. The van der Waals surface area contributed by atoms with E-state index in [0.29, 0.717) is 96.6 Å². The molecule has 2 aromatic carbocycles. The number of amides is 7. The van der Waals surface area contributed by atoms with E-state index >= 15 is 0 Å². The molecule has 5 aromatic rings. The van der Waals surface area contributed by atoms with Gasteiger partial charge in [0.05, 0.1) is 23.8 Å². The number of imide groups is 1. The first kappa shape index (κ1) is 50.9. The van der Waals surface area contributed by atoms with Crippen LogP contribution in [0.1, 0.15) is 89.5 Å². The second kappa shape index (κ2) is 21.9. The summed E-state index contributed by atoms with van der Waals surface area (Å²) < 4.78 is 12.8. The van der Waals surface area contributed by atoms with Crippen LogP contribution in [0.15, 0.2) is 73.3 Å². The summed E-state index contributed by atoms with van der Waals surface area (Å²) in [6.45, 7) is 7.42. The molecule has 8 rings (SSSR count). The number of carbonyl (C=O) groups is 7. The second-order valence-corrected chi connectivity index (χ2v) is 18.8. The first-order valence-corrected chi connectivity index (χ1v) is 24.1. The molecule has 2 fully saturated rings. The van der Waals surface area contributed by atoms with E-state index in [1.54, 1.807) is 74.1 Å². The molecule has 2 saturated heterocycles. The number of carbonyl (C=O) groups excluding carboxylic acids is 7. The van der Waals surface area contributed by atoms with E-state index in [0.717, 1.165) is 11.3 Å². The van der Waals surface area contributed by atoms with Crippen molar-refractivity contribution in [3.8, 4) is 28.3 Å². The highest BCUT2D eigenvalue weighted by molar-refractivity contribution is 6.06. The summed E-state index contributed by atoms with van der Waals surface area (Å²) in [5.41, 5.74) is 3.70. The van der Waals surface area contributed by atoms with Crippen molar-refractivity contribution < 1.29 is 43.0 Å². The summed E-state index contributed by atoms with van der Waals surface area (Å²) in [7, 11) is 4.82. The molecule has 0 bridgehead atoms. The lowest BCUT2D eigenvalue weighted by Crippen LogP contribution is -2.55. The van der Waals surface area contributed by atoms with Gasteiger partial charge in [-0.25, -0.2) is 19.7 Å². The fourth-order valence-electron chi connectivity index (χ4n) is 9.13. The molecule has 382 valence electrons. The van der Waals surface area contributed by atoms with Gasteiger partial charge in [0.2, 0.25) is 17.7 Å². The molecular formula is C51H59N13O9. The first-order chi connectivity index (χ1) is 35.0. The van der Waals surface area contributed by atoms with Crippen molar-refractivity contribution >= 4 is 58.9 Å². The zero-order valence-corrected chi connectivity index (χ0v) is 41.6. The van der Waals surface area contributed by atoms with Crippen LogP contribution in [0.2, 0.25) is 0 Å². The molecule has 5 N–H and O–H groups in total. The number of aryl methyl sites for hydroxylation is 1. The Morgan fingerprint density at radius 1 is 0.863 bits per heavy atom. The average molecular weight is 998 g/mol. The predicted molar refractivity (Wildman–Crippen MR) is 268 cm³/mol. The summed E-state index contributed by atoms with van der Waals surface area (Å²) in [5.74, 6) is -0.644. The number of ether oxygens (including phenoxy) is 2. The SMILES string of the molecule is CNC(=O)c1cnc(Nc2ccc(C(=O)NC(CCCCNC(=O)OC(C)(C)C)C(=O)N3CCN(c4cccc5c4CN(C4CCC(=O)NC4=O)C5=O)CC3)cn2)cc1-c1cccc(-c2ncn(C)n2)c1OC. The van der Waals surface area contributed by atoms with Crippen LogP contribution in [0.25, 0.3) is 22.5 Å². The topological polar surface area (TPSA) is 264 Å². The van der Waals surface area contributed by atoms with E-state index < -0.39 is 35.6 Å². The van der Waals surface area contributed by atoms with Crippen molar-refractivity contribution in [2.45, 2.75) is 77.1 Å². The molecule has 73 heavy (non-hydrogen) atoms. The second-order valence-electron chi connectivity index (χ2n) is 18.8. The third kappa shape index (κ3) is 11.7. The van der Waals surface area contributed by atoms with Crippen LogP contribution in [0.5, 0.6) is 5.75 Å². The minimum absolute atomic E-state index is 0.156. The number of hydrogen-bond donors (Lipinski definition) is 5.